The van der Waals surface area contributed by atoms with Crippen LogP contribution < -0.4 is 5.32 Å². The Morgan fingerprint density at radius 1 is 1.40 bits per heavy atom. The molecule has 0 saturated carbocycles. The van der Waals surface area contributed by atoms with Crippen molar-refractivity contribution in [2.45, 2.75) is 33.1 Å². The summed E-state index contributed by atoms with van der Waals surface area (Å²) in [5.74, 6) is -1.95. The monoisotopic (exact) mass is 217 g/mol. The molecule has 15 heavy (non-hydrogen) atoms. The van der Waals surface area contributed by atoms with E-state index in [-0.39, 0.29) is 5.57 Å². The van der Waals surface area contributed by atoms with Crippen LogP contribution in [0.3, 0.4) is 0 Å². The van der Waals surface area contributed by atoms with Crippen LogP contribution in [-0.4, -0.2) is 31.2 Å². The van der Waals surface area contributed by atoms with Crippen molar-refractivity contribution in [3.05, 3.63) is 11.3 Å². The summed E-state index contributed by atoms with van der Waals surface area (Å²) >= 11 is 0. The van der Waals surface area contributed by atoms with E-state index in [4.69, 9.17) is 14.6 Å². The predicted molar refractivity (Wildman–Crippen MR) is 56.2 cm³/mol. The van der Waals surface area contributed by atoms with Crippen LogP contribution in [0.2, 0.25) is 0 Å². The molecule has 0 heterocycles. The third-order valence-corrected chi connectivity index (χ3v) is 2.28. The summed E-state index contributed by atoms with van der Waals surface area (Å²) in [6.45, 7) is 5.08. The highest BCUT2D eigenvalue weighted by molar-refractivity contribution is 5.86. The summed E-state index contributed by atoms with van der Waals surface area (Å²) in [6, 6.07) is 0. The molecule has 0 aromatic heterocycles. The molecule has 0 rings (SSSR count). The molecule has 0 atom stereocenters. The van der Waals surface area contributed by atoms with E-state index < -0.39 is 11.9 Å². The standard InChI is InChI=1S/C10H19NO4/c1-6-8(7(2)9(12)13)11-10(3,14-4)15-5/h11H,6H2,1-5H3,(H,12,13)/b8-7+. The van der Waals surface area contributed by atoms with Gasteiger partial charge in [0.2, 0.25) is 5.91 Å². The van der Waals surface area contributed by atoms with Crippen LogP contribution in [-0.2, 0) is 14.3 Å². The van der Waals surface area contributed by atoms with Crippen LogP contribution in [0.4, 0.5) is 0 Å². The zero-order chi connectivity index (χ0) is 12.1. The molecule has 88 valence electrons. The highest BCUT2D eigenvalue weighted by Crippen LogP contribution is 2.13. The maximum Gasteiger partial charge on any atom is 0.333 e. The van der Waals surface area contributed by atoms with E-state index in [1.54, 1.807) is 13.8 Å². The zero-order valence-corrected chi connectivity index (χ0v) is 9.88. The number of hydrogen-bond donors (Lipinski definition) is 2. The molecule has 5 heteroatoms. The van der Waals surface area contributed by atoms with E-state index in [1.165, 1.54) is 14.2 Å². The summed E-state index contributed by atoms with van der Waals surface area (Å²) in [7, 11) is 2.97. The second kappa shape index (κ2) is 5.72. The van der Waals surface area contributed by atoms with Crippen molar-refractivity contribution >= 4 is 5.97 Å². The van der Waals surface area contributed by atoms with Gasteiger partial charge in [-0.15, -0.1) is 0 Å². The number of carboxylic acid groups (broad SMARTS) is 1. The minimum Gasteiger partial charge on any atom is -0.478 e. The van der Waals surface area contributed by atoms with Gasteiger partial charge in [0, 0.05) is 26.8 Å². The molecule has 0 aliphatic carbocycles. The van der Waals surface area contributed by atoms with Gasteiger partial charge in [-0.3, -0.25) is 0 Å². The number of ether oxygens (including phenoxy) is 2. The lowest BCUT2D eigenvalue weighted by Gasteiger charge is -2.29. The normalized spacial score (nSPS) is 13.4. The fourth-order valence-corrected chi connectivity index (χ4v) is 1.04. The third-order valence-electron chi connectivity index (χ3n) is 2.28. The Bertz CT molecular complexity index is 256. The molecular weight excluding hydrogens is 198 g/mol. The maximum atomic E-state index is 10.8. The fourth-order valence-electron chi connectivity index (χ4n) is 1.04. The van der Waals surface area contributed by atoms with Crippen LogP contribution in [0, 0.1) is 0 Å². The maximum absolute atomic E-state index is 10.8. The van der Waals surface area contributed by atoms with Crippen LogP contribution in [0.15, 0.2) is 11.3 Å². The Labute approximate surface area is 90.1 Å². The SMILES string of the molecule is CC/C(NC(C)(OC)OC)=C(/C)C(=O)O. The van der Waals surface area contributed by atoms with Gasteiger partial charge in [-0.1, -0.05) is 6.92 Å². The Hall–Kier alpha value is -1.07. The molecule has 0 aromatic rings. The van der Waals surface area contributed by atoms with Gasteiger partial charge in [0.15, 0.2) is 0 Å². The van der Waals surface area contributed by atoms with Crippen molar-refractivity contribution in [3.63, 3.8) is 0 Å². The van der Waals surface area contributed by atoms with Crippen molar-refractivity contribution in [3.8, 4) is 0 Å². The van der Waals surface area contributed by atoms with Gasteiger partial charge in [-0.05, 0) is 13.3 Å². The Kier molecular flexibility index (Phi) is 5.32. The first-order valence-electron chi connectivity index (χ1n) is 4.71. The number of allylic oxidation sites excluding steroid dienone is 1. The molecule has 0 unspecified atom stereocenters. The number of rotatable bonds is 6. The molecule has 0 aliphatic heterocycles. The average molecular weight is 217 g/mol. The minimum atomic E-state index is -0.998. The van der Waals surface area contributed by atoms with Crippen LogP contribution in [0.5, 0.6) is 0 Å². The molecule has 0 radical (unpaired) electrons. The second-order valence-corrected chi connectivity index (χ2v) is 3.24. The highest BCUT2D eigenvalue weighted by atomic mass is 16.7. The lowest BCUT2D eigenvalue weighted by molar-refractivity contribution is -0.209. The van der Waals surface area contributed by atoms with Crippen molar-refractivity contribution in [1.82, 2.24) is 5.32 Å². The van der Waals surface area contributed by atoms with E-state index >= 15 is 0 Å². The van der Waals surface area contributed by atoms with E-state index in [0.717, 1.165) is 0 Å². The predicted octanol–water partition coefficient (Wildman–Crippen LogP) is 1.31. The largest absolute Gasteiger partial charge is 0.478 e. The highest BCUT2D eigenvalue weighted by Gasteiger charge is 2.24. The molecule has 0 aliphatic rings. The Morgan fingerprint density at radius 2 is 1.87 bits per heavy atom. The summed E-state index contributed by atoms with van der Waals surface area (Å²) in [5.41, 5.74) is 0.853. The first-order chi connectivity index (χ1) is 6.90. The molecule has 0 aromatic carbocycles. The number of carboxylic acids is 1. The van der Waals surface area contributed by atoms with Crippen LogP contribution in [0.1, 0.15) is 27.2 Å². The summed E-state index contributed by atoms with van der Waals surface area (Å²) in [4.78, 5) is 10.8. The van der Waals surface area contributed by atoms with E-state index in [0.29, 0.717) is 12.1 Å². The van der Waals surface area contributed by atoms with Crippen molar-refractivity contribution < 1.29 is 19.4 Å². The van der Waals surface area contributed by atoms with Crippen molar-refractivity contribution in [1.29, 1.82) is 0 Å². The van der Waals surface area contributed by atoms with Gasteiger partial charge >= 0.3 is 5.97 Å². The summed E-state index contributed by atoms with van der Waals surface area (Å²) in [6.07, 6.45) is 0.570. The van der Waals surface area contributed by atoms with E-state index in [2.05, 4.69) is 5.32 Å². The number of aliphatic carboxylic acids is 1. The number of nitrogens with one attached hydrogen (secondary N) is 1. The van der Waals surface area contributed by atoms with Gasteiger partial charge in [-0.25, -0.2) is 4.79 Å². The van der Waals surface area contributed by atoms with Crippen LogP contribution >= 0.6 is 0 Å². The minimum absolute atomic E-state index is 0.262. The first-order valence-corrected chi connectivity index (χ1v) is 4.71. The molecule has 0 bridgehead atoms. The molecule has 5 nitrogen and oxygen atoms in total. The second-order valence-electron chi connectivity index (χ2n) is 3.24. The van der Waals surface area contributed by atoms with E-state index in [1.807, 2.05) is 6.92 Å². The Balaban J connectivity index is 4.87. The smallest absolute Gasteiger partial charge is 0.333 e. The Morgan fingerprint density at radius 3 is 2.13 bits per heavy atom. The zero-order valence-electron chi connectivity index (χ0n) is 9.88. The lowest BCUT2D eigenvalue weighted by atomic mass is 10.2. The van der Waals surface area contributed by atoms with Gasteiger partial charge in [-0.2, -0.15) is 0 Å². The average Bonchev–Trinajstić information content (AvgIpc) is 2.24. The summed E-state index contributed by atoms with van der Waals surface area (Å²) in [5, 5.41) is 11.8. The van der Waals surface area contributed by atoms with Gasteiger partial charge in [0.05, 0.1) is 5.57 Å². The lowest BCUT2D eigenvalue weighted by Crippen LogP contribution is -2.45. The molecule has 0 spiro atoms. The molecule has 0 amide bonds. The quantitative estimate of drug-likeness (QED) is 0.518. The van der Waals surface area contributed by atoms with Gasteiger partial charge < -0.3 is 19.9 Å². The topological polar surface area (TPSA) is 67.8 Å². The molecule has 0 fully saturated rings. The van der Waals surface area contributed by atoms with Crippen molar-refractivity contribution in [2.75, 3.05) is 14.2 Å². The van der Waals surface area contributed by atoms with E-state index in [9.17, 15) is 4.79 Å². The van der Waals surface area contributed by atoms with Crippen molar-refractivity contribution in [2.24, 2.45) is 0 Å². The molecular formula is C10H19NO4. The van der Waals surface area contributed by atoms with Gasteiger partial charge in [0.1, 0.15) is 0 Å². The molecule has 2 N–H and O–H groups in total. The fraction of sp³-hybridized carbons (Fsp3) is 0.700. The summed E-state index contributed by atoms with van der Waals surface area (Å²) < 4.78 is 10.2. The number of hydrogen-bond acceptors (Lipinski definition) is 4. The number of methoxy groups -OCH3 is 2. The first kappa shape index (κ1) is 13.9. The third kappa shape index (κ3) is 3.89. The molecule has 0 saturated heterocycles. The van der Waals surface area contributed by atoms with Gasteiger partial charge in [0.25, 0.3) is 0 Å². The van der Waals surface area contributed by atoms with Crippen LogP contribution in [0.25, 0.3) is 0 Å². The number of carbonyl (C=O) groups is 1.